The first-order valence-corrected chi connectivity index (χ1v) is 7.27. The van der Waals surface area contributed by atoms with Crippen LogP contribution in [0.4, 0.5) is 0 Å². The first kappa shape index (κ1) is 12.6. The molecule has 2 N–H and O–H groups in total. The van der Waals surface area contributed by atoms with Crippen LogP contribution >= 0.6 is 11.3 Å². The lowest BCUT2D eigenvalue weighted by atomic mass is 10.1. The summed E-state index contributed by atoms with van der Waals surface area (Å²) in [5.41, 5.74) is 1.16. The van der Waals surface area contributed by atoms with Crippen molar-refractivity contribution in [3.05, 3.63) is 21.9 Å². The number of amides is 1. The van der Waals surface area contributed by atoms with Crippen molar-refractivity contribution >= 4 is 17.2 Å². The first-order chi connectivity index (χ1) is 8.31. The maximum absolute atomic E-state index is 12.0. The van der Waals surface area contributed by atoms with Gasteiger partial charge in [-0.2, -0.15) is 0 Å². The van der Waals surface area contributed by atoms with E-state index in [1.807, 2.05) is 11.4 Å². The summed E-state index contributed by atoms with van der Waals surface area (Å²) in [6.45, 7) is 3.92. The van der Waals surface area contributed by atoms with Gasteiger partial charge in [0.25, 0.3) is 5.91 Å². The molecule has 94 valence electrons. The van der Waals surface area contributed by atoms with Gasteiger partial charge in [-0.05, 0) is 42.8 Å². The summed E-state index contributed by atoms with van der Waals surface area (Å²) < 4.78 is 0. The minimum absolute atomic E-state index is 0.0872. The van der Waals surface area contributed by atoms with Crippen molar-refractivity contribution in [3.8, 4) is 0 Å². The number of carbonyl (C=O) groups is 1. The largest absolute Gasteiger partial charge is 0.350 e. The fraction of sp³-hybridized carbons (Fsp3) is 0.615. The zero-order valence-corrected chi connectivity index (χ0v) is 11.1. The molecule has 4 heteroatoms. The van der Waals surface area contributed by atoms with E-state index < -0.39 is 0 Å². The Morgan fingerprint density at radius 3 is 3.18 bits per heavy atom. The van der Waals surface area contributed by atoms with Gasteiger partial charge in [-0.15, -0.1) is 11.3 Å². The average Bonchev–Trinajstić information content (AvgIpc) is 2.85. The van der Waals surface area contributed by atoms with Gasteiger partial charge in [0.2, 0.25) is 0 Å². The van der Waals surface area contributed by atoms with Gasteiger partial charge in [0.15, 0.2) is 0 Å². The van der Waals surface area contributed by atoms with Gasteiger partial charge < -0.3 is 10.6 Å². The summed E-state index contributed by atoms with van der Waals surface area (Å²) in [7, 11) is 0. The van der Waals surface area contributed by atoms with Crippen LogP contribution in [0.2, 0.25) is 0 Å². The molecular weight excluding hydrogens is 232 g/mol. The number of aryl methyl sites for hydroxylation is 1. The van der Waals surface area contributed by atoms with Crippen molar-refractivity contribution in [3.63, 3.8) is 0 Å². The lowest BCUT2D eigenvalue weighted by Crippen LogP contribution is -2.43. The summed E-state index contributed by atoms with van der Waals surface area (Å²) in [5.74, 6) is 0.0872. The zero-order chi connectivity index (χ0) is 12.1. The number of carbonyl (C=O) groups excluding carboxylic acids is 1. The van der Waals surface area contributed by atoms with Gasteiger partial charge in [0.05, 0.1) is 4.88 Å². The summed E-state index contributed by atoms with van der Waals surface area (Å²) in [4.78, 5) is 12.9. The smallest absolute Gasteiger partial charge is 0.261 e. The van der Waals surface area contributed by atoms with E-state index in [0.29, 0.717) is 6.04 Å². The van der Waals surface area contributed by atoms with Crippen molar-refractivity contribution in [1.82, 2.24) is 10.6 Å². The minimum atomic E-state index is 0.0872. The molecule has 1 aliphatic rings. The van der Waals surface area contributed by atoms with E-state index >= 15 is 0 Å². The maximum atomic E-state index is 12.0. The molecule has 1 aromatic heterocycles. The highest BCUT2D eigenvalue weighted by Crippen LogP contribution is 2.17. The highest BCUT2D eigenvalue weighted by molar-refractivity contribution is 7.12. The molecule has 17 heavy (non-hydrogen) atoms. The molecule has 0 spiro atoms. The number of piperidine rings is 1. The Morgan fingerprint density at radius 2 is 2.47 bits per heavy atom. The fourth-order valence-corrected chi connectivity index (χ4v) is 3.12. The molecule has 1 unspecified atom stereocenters. The van der Waals surface area contributed by atoms with E-state index in [9.17, 15) is 4.79 Å². The second kappa shape index (κ2) is 6.17. The van der Waals surface area contributed by atoms with Crippen LogP contribution in [0.15, 0.2) is 11.4 Å². The summed E-state index contributed by atoms with van der Waals surface area (Å²) in [6.07, 6.45) is 4.63. The third-order valence-corrected chi connectivity index (χ3v) is 4.21. The molecule has 0 aliphatic carbocycles. The molecule has 1 aliphatic heterocycles. The predicted octanol–water partition coefficient (Wildman–Crippen LogP) is 2.18. The normalized spacial score (nSPS) is 20.2. The van der Waals surface area contributed by atoms with Gasteiger partial charge >= 0.3 is 0 Å². The number of rotatable bonds is 4. The lowest BCUT2D eigenvalue weighted by molar-refractivity contribution is 0.0951. The Morgan fingerprint density at radius 1 is 1.59 bits per heavy atom. The topological polar surface area (TPSA) is 41.1 Å². The summed E-state index contributed by atoms with van der Waals surface area (Å²) in [6, 6.07) is 2.50. The van der Waals surface area contributed by atoms with Crippen LogP contribution in [0.1, 0.15) is 41.4 Å². The SMILES string of the molecule is CCc1ccsc1C(=O)NCC1CCCCN1. The molecule has 0 aromatic carbocycles. The van der Waals surface area contributed by atoms with Gasteiger partial charge in [-0.3, -0.25) is 4.79 Å². The standard InChI is InChI=1S/C13H20N2OS/c1-2-10-6-8-17-12(10)13(16)15-9-11-5-3-4-7-14-11/h6,8,11,14H,2-5,7,9H2,1H3,(H,15,16). The summed E-state index contributed by atoms with van der Waals surface area (Å²) >= 11 is 1.54. The minimum Gasteiger partial charge on any atom is -0.350 e. The van der Waals surface area contributed by atoms with Gasteiger partial charge in [0, 0.05) is 12.6 Å². The maximum Gasteiger partial charge on any atom is 0.261 e. The Labute approximate surface area is 107 Å². The number of hydrogen-bond donors (Lipinski definition) is 2. The second-order valence-electron chi connectivity index (χ2n) is 4.49. The molecule has 0 saturated carbocycles. The molecule has 1 amide bonds. The molecule has 1 atom stereocenters. The van der Waals surface area contributed by atoms with Crippen molar-refractivity contribution in [2.45, 2.75) is 38.6 Å². The predicted molar refractivity (Wildman–Crippen MR) is 71.7 cm³/mol. The van der Waals surface area contributed by atoms with Crippen molar-refractivity contribution in [2.75, 3.05) is 13.1 Å². The van der Waals surface area contributed by atoms with E-state index in [0.717, 1.165) is 30.0 Å². The summed E-state index contributed by atoms with van der Waals surface area (Å²) in [5, 5.41) is 8.47. The number of hydrogen-bond acceptors (Lipinski definition) is 3. The molecule has 1 aromatic rings. The van der Waals surface area contributed by atoms with Crippen molar-refractivity contribution < 1.29 is 4.79 Å². The van der Waals surface area contributed by atoms with Crippen LogP contribution in [-0.2, 0) is 6.42 Å². The Kier molecular flexibility index (Phi) is 4.57. The van der Waals surface area contributed by atoms with Crippen LogP contribution in [-0.4, -0.2) is 25.0 Å². The Bertz CT molecular complexity index is 369. The van der Waals surface area contributed by atoms with Crippen LogP contribution < -0.4 is 10.6 Å². The van der Waals surface area contributed by atoms with Gasteiger partial charge in [-0.25, -0.2) is 0 Å². The van der Waals surface area contributed by atoms with E-state index in [2.05, 4.69) is 17.6 Å². The molecule has 2 rings (SSSR count). The molecule has 3 nitrogen and oxygen atoms in total. The van der Waals surface area contributed by atoms with Crippen LogP contribution in [0.3, 0.4) is 0 Å². The fourth-order valence-electron chi connectivity index (χ4n) is 2.21. The van der Waals surface area contributed by atoms with Crippen molar-refractivity contribution in [1.29, 1.82) is 0 Å². The molecule has 1 saturated heterocycles. The van der Waals surface area contributed by atoms with Crippen LogP contribution in [0.25, 0.3) is 0 Å². The quantitative estimate of drug-likeness (QED) is 0.862. The second-order valence-corrected chi connectivity index (χ2v) is 5.40. The average molecular weight is 252 g/mol. The zero-order valence-electron chi connectivity index (χ0n) is 10.3. The highest BCUT2D eigenvalue weighted by atomic mass is 32.1. The van der Waals surface area contributed by atoms with E-state index in [1.165, 1.54) is 30.6 Å². The van der Waals surface area contributed by atoms with Crippen molar-refractivity contribution in [2.24, 2.45) is 0 Å². The highest BCUT2D eigenvalue weighted by Gasteiger charge is 2.16. The Balaban J connectivity index is 1.84. The van der Waals surface area contributed by atoms with Gasteiger partial charge in [-0.1, -0.05) is 13.3 Å². The van der Waals surface area contributed by atoms with E-state index in [4.69, 9.17) is 0 Å². The van der Waals surface area contributed by atoms with Crippen LogP contribution in [0.5, 0.6) is 0 Å². The third kappa shape index (κ3) is 3.30. The molecule has 2 heterocycles. The molecule has 0 bridgehead atoms. The van der Waals surface area contributed by atoms with Crippen LogP contribution in [0, 0.1) is 0 Å². The first-order valence-electron chi connectivity index (χ1n) is 6.39. The molecule has 1 fully saturated rings. The third-order valence-electron chi connectivity index (χ3n) is 3.26. The lowest BCUT2D eigenvalue weighted by Gasteiger charge is -2.23. The Hall–Kier alpha value is -0.870. The number of thiophene rings is 1. The molecule has 0 radical (unpaired) electrons. The van der Waals surface area contributed by atoms with E-state index in [-0.39, 0.29) is 5.91 Å². The number of nitrogens with one attached hydrogen (secondary N) is 2. The monoisotopic (exact) mass is 252 g/mol. The van der Waals surface area contributed by atoms with E-state index in [1.54, 1.807) is 0 Å². The molecular formula is C13H20N2OS. The van der Waals surface area contributed by atoms with Gasteiger partial charge in [0.1, 0.15) is 0 Å².